The number of nitrogens with zero attached hydrogens (tertiary/aromatic N) is 2. The molecule has 5 rings (SSSR count). The molecule has 40 heavy (non-hydrogen) atoms. The molecule has 0 atom stereocenters. The Morgan fingerprint density at radius 1 is 0.800 bits per heavy atom. The molecule has 0 amide bonds. The number of hydrogen-bond donors (Lipinski definition) is 0. The Hall–Kier alpha value is -5.28. The molecule has 0 aliphatic rings. The zero-order valence-corrected chi connectivity index (χ0v) is 22.5. The number of hydrogen-bond acceptors (Lipinski definition) is 6. The number of aryl methyl sites for hydroxylation is 1. The second-order valence-corrected chi connectivity index (χ2v) is 9.16. The van der Waals surface area contributed by atoms with Gasteiger partial charge in [0.1, 0.15) is 41.2 Å². The fourth-order valence-electron chi connectivity index (χ4n) is 4.26. The van der Waals surface area contributed by atoms with E-state index in [1.165, 1.54) is 5.56 Å². The van der Waals surface area contributed by atoms with E-state index in [1.807, 2.05) is 72.8 Å². The van der Waals surface area contributed by atoms with E-state index in [4.69, 9.17) is 18.6 Å². The van der Waals surface area contributed by atoms with Crippen LogP contribution >= 0.6 is 0 Å². The van der Waals surface area contributed by atoms with Crippen molar-refractivity contribution in [3.8, 4) is 45.8 Å². The first kappa shape index (κ1) is 26.3. The minimum atomic E-state index is 0.227. The summed E-state index contributed by atoms with van der Waals surface area (Å²) in [6, 6.07) is 33.2. The molecule has 0 bridgehead atoms. The monoisotopic (exact) mass is 528 g/mol. The fourth-order valence-corrected chi connectivity index (χ4v) is 4.26. The van der Waals surface area contributed by atoms with Crippen molar-refractivity contribution in [1.82, 2.24) is 0 Å². The summed E-state index contributed by atoms with van der Waals surface area (Å²) in [7, 11) is 3.24. The van der Waals surface area contributed by atoms with E-state index in [0.717, 1.165) is 39.5 Å². The fraction of sp³-hybridized carbons (Fsp3) is 0.118. The van der Waals surface area contributed by atoms with Gasteiger partial charge < -0.3 is 18.6 Å². The summed E-state index contributed by atoms with van der Waals surface area (Å²) in [6.07, 6.45) is 1.67. The summed E-state index contributed by atoms with van der Waals surface area (Å²) in [4.78, 5) is 4.60. The van der Waals surface area contributed by atoms with E-state index in [0.29, 0.717) is 23.5 Å². The van der Waals surface area contributed by atoms with Gasteiger partial charge in [-0.3, -0.25) is 0 Å². The number of benzene rings is 4. The first-order valence-corrected chi connectivity index (χ1v) is 12.8. The van der Waals surface area contributed by atoms with Gasteiger partial charge in [-0.15, -0.1) is 0 Å². The third-order valence-electron chi connectivity index (χ3n) is 6.45. The van der Waals surface area contributed by atoms with Crippen molar-refractivity contribution < 1.29 is 18.6 Å². The van der Waals surface area contributed by atoms with E-state index in [-0.39, 0.29) is 5.88 Å². The molecular weight excluding hydrogens is 500 g/mol. The summed E-state index contributed by atoms with van der Waals surface area (Å²) in [6.45, 7) is 2.53. The van der Waals surface area contributed by atoms with Gasteiger partial charge in [-0.05, 0) is 72.1 Å². The molecule has 0 saturated heterocycles. The van der Waals surface area contributed by atoms with Crippen LogP contribution in [-0.4, -0.2) is 20.4 Å². The molecule has 0 aliphatic carbocycles. The predicted octanol–water partition coefficient (Wildman–Crippen LogP) is 8.14. The molecule has 1 heterocycles. The topological polar surface area (TPSA) is 77.0 Å². The van der Waals surface area contributed by atoms with E-state index >= 15 is 0 Å². The van der Waals surface area contributed by atoms with Crippen molar-refractivity contribution in [2.75, 3.05) is 14.2 Å². The second-order valence-electron chi connectivity index (χ2n) is 9.16. The number of nitriles is 1. The van der Waals surface area contributed by atoms with Crippen LogP contribution in [0.5, 0.6) is 17.2 Å². The van der Waals surface area contributed by atoms with Gasteiger partial charge in [0.15, 0.2) is 0 Å². The SMILES string of the molecule is COc1ccc(-c2oc(/N=C/c3cccc(OCc4ccc(C)cc4)c3)c(C#N)c2-c2ccc(OC)cc2)cc1. The van der Waals surface area contributed by atoms with Crippen molar-refractivity contribution in [3.05, 3.63) is 119 Å². The maximum atomic E-state index is 10.2. The van der Waals surface area contributed by atoms with Crippen molar-refractivity contribution in [2.45, 2.75) is 13.5 Å². The Balaban J connectivity index is 1.48. The van der Waals surface area contributed by atoms with E-state index in [2.05, 4.69) is 42.3 Å². The molecule has 0 aliphatic heterocycles. The Kier molecular flexibility index (Phi) is 7.94. The van der Waals surface area contributed by atoms with Crippen molar-refractivity contribution in [1.29, 1.82) is 5.26 Å². The zero-order chi connectivity index (χ0) is 27.9. The molecule has 0 unspecified atom stereocenters. The highest BCUT2D eigenvalue weighted by Crippen LogP contribution is 2.43. The third kappa shape index (κ3) is 5.90. The largest absolute Gasteiger partial charge is 0.497 e. The minimum Gasteiger partial charge on any atom is -0.497 e. The first-order chi connectivity index (χ1) is 19.6. The number of aliphatic imine (C=N–C) groups is 1. The highest BCUT2D eigenvalue weighted by atomic mass is 16.5. The molecule has 0 saturated carbocycles. The molecule has 1 aromatic heterocycles. The van der Waals surface area contributed by atoms with Crippen LogP contribution in [0.1, 0.15) is 22.3 Å². The van der Waals surface area contributed by atoms with Crippen molar-refractivity contribution in [2.24, 2.45) is 4.99 Å². The number of methoxy groups -OCH3 is 2. The average molecular weight is 529 g/mol. The average Bonchev–Trinajstić information content (AvgIpc) is 3.38. The second kappa shape index (κ2) is 12.1. The molecule has 4 aromatic carbocycles. The maximum Gasteiger partial charge on any atom is 0.238 e. The smallest absolute Gasteiger partial charge is 0.238 e. The Bertz CT molecular complexity index is 1660. The highest BCUT2D eigenvalue weighted by Gasteiger charge is 2.23. The Morgan fingerprint density at radius 3 is 2.08 bits per heavy atom. The molecule has 0 N–H and O–H groups in total. The van der Waals surface area contributed by atoms with Crippen LogP contribution in [0.3, 0.4) is 0 Å². The number of ether oxygens (including phenoxy) is 3. The van der Waals surface area contributed by atoms with E-state index in [9.17, 15) is 5.26 Å². The number of furan rings is 1. The van der Waals surface area contributed by atoms with Crippen LogP contribution in [0.2, 0.25) is 0 Å². The lowest BCUT2D eigenvalue weighted by atomic mass is 9.98. The lowest BCUT2D eigenvalue weighted by Crippen LogP contribution is -1.96. The molecule has 0 spiro atoms. The molecular formula is C34H28N2O4. The van der Waals surface area contributed by atoms with Crippen LogP contribution in [0.25, 0.3) is 22.5 Å². The van der Waals surface area contributed by atoms with Gasteiger partial charge in [-0.1, -0.05) is 54.1 Å². The van der Waals surface area contributed by atoms with Crippen molar-refractivity contribution in [3.63, 3.8) is 0 Å². The summed E-state index contributed by atoms with van der Waals surface area (Å²) < 4.78 is 22.9. The summed E-state index contributed by atoms with van der Waals surface area (Å²) in [5.74, 6) is 2.95. The van der Waals surface area contributed by atoms with Crippen LogP contribution in [0, 0.1) is 18.3 Å². The van der Waals surface area contributed by atoms with Gasteiger partial charge in [-0.2, -0.15) is 5.26 Å². The molecule has 5 aromatic rings. The van der Waals surface area contributed by atoms with Crippen molar-refractivity contribution >= 4 is 12.1 Å². The summed E-state index contributed by atoms with van der Waals surface area (Å²) in [5, 5.41) is 10.2. The molecule has 0 fully saturated rings. The summed E-state index contributed by atoms with van der Waals surface area (Å²) in [5.41, 5.74) is 5.75. The molecule has 6 heteroatoms. The third-order valence-corrected chi connectivity index (χ3v) is 6.45. The lowest BCUT2D eigenvalue weighted by molar-refractivity contribution is 0.306. The van der Waals surface area contributed by atoms with Crippen LogP contribution < -0.4 is 14.2 Å². The van der Waals surface area contributed by atoms with Gasteiger partial charge >= 0.3 is 0 Å². The summed E-state index contributed by atoms with van der Waals surface area (Å²) >= 11 is 0. The Labute approximate surface area is 233 Å². The zero-order valence-electron chi connectivity index (χ0n) is 22.5. The molecule has 198 valence electrons. The van der Waals surface area contributed by atoms with Gasteiger partial charge in [0.25, 0.3) is 0 Å². The van der Waals surface area contributed by atoms with Crippen LogP contribution in [0.4, 0.5) is 5.88 Å². The first-order valence-electron chi connectivity index (χ1n) is 12.8. The van der Waals surface area contributed by atoms with Crippen LogP contribution in [-0.2, 0) is 6.61 Å². The number of rotatable bonds is 9. The maximum absolute atomic E-state index is 10.2. The predicted molar refractivity (Wildman–Crippen MR) is 157 cm³/mol. The highest BCUT2D eigenvalue weighted by molar-refractivity contribution is 5.90. The van der Waals surface area contributed by atoms with Crippen LogP contribution in [0.15, 0.2) is 106 Å². The molecule has 6 nitrogen and oxygen atoms in total. The van der Waals surface area contributed by atoms with Gasteiger partial charge in [0.2, 0.25) is 5.88 Å². The standard InChI is InChI=1S/C34H28N2O4/c1-23-7-9-24(10-8-23)22-39-30-6-4-5-25(19-30)21-36-34-31(20-35)32(26-11-15-28(37-2)16-12-26)33(40-34)27-13-17-29(38-3)18-14-27/h4-19,21H,22H2,1-3H3/b36-21+. The van der Waals surface area contributed by atoms with E-state index in [1.54, 1.807) is 20.4 Å². The lowest BCUT2D eigenvalue weighted by Gasteiger charge is -2.07. The quantitative estimate of drug-likeness (QED) is 0.180. The van der Waals surface area contributed by atoms with E-state index < -0.39 is 0 Å². The normalized spacial score (nSPS) is 10.8. The van der Waals surface area contributed by atoms with Gasteiger partial charge in [-0.25, -0.2) is 4.99 Å². The minimum absolute atomic E-state index is 0.227. The molecule has 0 radical (unpaired) electrons. The Morgan fingerprint density at radius 2 is 1.45 bits per heavy atom. The van der Waals surface area contributed by atoms with Gasteiger partial charge in [0.05, 0.1) is 14.2 Å². The van der Waals surface area contributed by atoms with Gasteiger partial charge in [0, 0.05) is 17.3 Å².